The molecule has 2 aliphatic rings. The van der Waals surface area contributed by atoms with Crippen LogP contribution >= 0.6 is 0 Å². The molecule has 0 spiro atoms. The molecule has 1 heterocycles. The van der Waals surface area contributed by atoms with Gasteiger partial charge in [-0.15, -0.1) is 0 Å². The lowest BCUT2D eigenvalue weighted by atomic mass is 9.87. The number of hydrogen-bond donors (Lipinski definition) is 2. The zero-order valence-corrected chi connectivity index (χ0v) is 9.27. The van der Waals surface area contributed by atoms with Crippen LogP contribution in [0.15, 0.2) is 23.0 Å². The number of unbranched alkanes of at least 4 members (excludes halogenated alkanes) is 1. The predicted molar refractivity (Wildman–Crippen MR) is 57.4 cm³/mol. The normalized spacial score (nSPS) is 31.9. The number of carbonyl (C=O) groups excluding carboxylic acids is 1. The number of rotatable bonds is 2. The van der Waals surface area contributed by atoms with E-state index in [1.54, 1.807) is 0 Å². The van der Waals surface area contributed by atoms with Crippen LogP contribution in [0.5, 0.6) is 0 Å². The molecule has 2 atom stereocenters. The minimum Gasteiger partial charge on any atom is -0.423 e. The number of carbonyl (C=O) groups is 1. The first kappa shape index (κ1) is 11.4. The summed E-state index contributed by atoms with van der Waals surface area (Å²) >= 11 is 0. The number of allylic oxidation sites excluding steroid dienone is 2. The van der Waals surface area contributed by atoms with Crippen molar-refractivity contribution >= 4 is 5.97 Å². The lowest BCUT2D eigenvalue weighted by Crippen LogP contribution is -2.33. The number of hydrogen-bond acceptors (Lipinski definition) is 4. The van der Waals surface area contributed by atoms with Crippen LogP contribution in [0.3, 0.4) is 0 Å². The third kappa shape index (κ3) is 1.79. The Balaban J connectivity index is 2.31. The van der Waals surface area contributed by atoms with Gasteiger partial charge in [0.2, 0.25) is 0 Å². The number of ether oxygens (including phenoxy) is 1. The molecule has 0 unspecified atom stereocenters. The van der Waals surface area contributed by atoms with Gasteiger partial charge in [-0.2, -0.15) is 0 Å². The first-order valence-electron chi connectivity index (χ1n) is 5.67. The van der Waals surface area contributed by atoms with Crippen molar-refractivity contribution in [3.05, 3.63) is 23.0 Å². The van der Waals surface area contributed by atoms with Gasteiger partial charge in [-0.1, -0.05) is 13.3 Å². The summed E-state index contributed by atoms with van der Waals surface area (Å²) in [6.45, 7) is 2.04. The number of esters is 1. The Morgan fingerprint density at radius 2 is 2.25 bits per heavy atom. The SMILES string of the molecule is CCC/C=C1\OC(=O)C2=C1CC[C@@H](O)[C@H]2O. The highest BCUT2D eigenvalue weighted by Gasteiger charge is 2.40. The summed E-state index contributed by atoms with van der Waals surface area (Å²) in [4.78, 5) is 11.5. The molecule has 2 N–H and O–H groups in total. The van der Waals surface area contributed by atoms with Crippen molar-refractivity contribution in [3.63, 3.8) is 0 Å². The molecular weight excluding hydrogens is 208 g/mol. The predicted octanol–water partition coefficient (Wildman–Crippen LogP) is 1.04. The van der Waals surface area contributed by atoms with Crippen LogP contribution in [0.4, 0.5) is 0 Å². The van der Waals surface area contributed by atoms with E-state index in [9.17, 15) is 15.0 Å². The van der Waals surface area contributed by atoms with E-state index in [4.69, 9.17) is 4.74 Å². The maximum absolute atomic E-state index is 11.5. The van der Waals surface area contributed by atoms with Crippen molar-refractivity contribution in [3.8, 4) is 0 Å². The van der Waals surface area contributed by atoms with E-state index >= 15 is 0 Å². The third-order valence-corrected chi connectivity index (χ3v) is 3.01. The molecule has 0 fully saturated rings. The Hall–Kier alpha value is -1.13. The summed E-state index contributed by atoms with van der Waals surface area (Å²) in [6, 6.07) is 0. The van der Waals surface area contributed by atoms with Crippen LogP contribution < -0.4 is 0 Å². The van der Waals surface area contributed by atoms with Gasteiger partial charge in [0.05, 0.1) is 11.7 Å². The van der Waals surface area contributed by atoms with E-state index in [1.807, 2.05) is 13.0 Å². The van der Waals surface area contributed by atoms with Gasteiger partial charge < -0.3 is 14.9 Å². The van der Waals surface area contributed by atoms with Gasteiger partial charge in [0.1, 0.15) is 11.9 Å². The van der Waals surface area contributed by atoms with Crippen LogP contribution in [-0.4, -0.2) is 28.4 Å². The summed E-state index contributed by atoms with van der Waals surface area (Å²) < 4.78 is 5.11. The lowest BCUT2D eigenvalue weighted by Gasteiger charge is -2.22. The highest BCUT2D eigenvalue weighted by molar-refractivity contribution is 5.96. The first-order valence-corrected chi connectivity index (χ1v) is 5.67. The van der Waals surface area contributed by atoms with Crippen molar-refractivity contribution in [1.82, 2.24) is 0 Å². The third-order valence-electron chi connectivity index (χ3n) is 3.01. The average molecular weight is 224 g/mol. The van der Waals surface area contributed by atoms with Gasteiger partial charge in [-0.3, -0.25) is 0 Å². The van der Waals surface area contributed by atoms with Gasteiger partial charge in [0, 0.05) is 5.57 Å². The fraction of sp³-hybridized carbons (Fsp3) is 0.583. The molecule has 0 bridgehead atoms. The summed E-state index contributed by atoms with van der Waals surface area (Å²) in [5.41, 5.74) is 1.03. The zero-order valence-electron chi connectivity index (χ0n) is 9.27. The highest BCUT2D eigenvalue weighted by Crippen LogP contribution is 2.37. The first-order chi connectivity index (χ1) is 7.65. The maximum Gasteiger partial charge on any atom is 0.342 e. The largest absolute Gasteiger partial charge is 0.423 e. The Morgan fingerprint density at radius 3 is 2.94 bits per heavy atom. The lowest BCUT2D eigenvalue weighted by molar-refractivity contribution is -0.135. The van der Waals surface area contributed by atoms with E-state index < -0.39 is 18.2 Å². The Labute approximate surface area is 94.2 Å². The van der Waals surface area contributed by atoms with E-state index in [2.05, 4.69) is 0 Å². The van der Waals surface area contributed by atoms with Gasteiger partial charge in [0.25, 0.3) is 0 Å². The molecule has 4 heteroatoms. The highest BCUT2D eigenvalue weighted by atomic mass is 16.5. The molecule has 0 aromatic carbocycles. The molecule has 16 heavy (non-hydrogen) atoms. The van der Waals surface area contributed by atoms with Crippen LogP contribution in [0.25, 0.3) is 0 Å². The Bertz CT molecular complexity index is 367. The second-order valence-electron chi connectivity index (χ2n) is 4.19. The smallest absolute Gasteiger partial charge is 0.342 e. The molecule has 1 aliphatic heterocycles. The van der Waals surface area contributed by atoms with E-state index in [-0.39, 0.29) is 5.57 Å². The van der Waals surface area contributed by atoms with Crippen LogP contribution in [0, 0.1) is 0 Å². The van der Waals surface area contributed by atoms with E-state index in [1.165, 1.54) is 0 Å². The molecule has 0 aromatic rings. The van der Waals surface area contributed by atoms with Gasteiger partial charge >= 0.3 is 5.97 Å². The van der Waals surface area contributed by atoms with Crippen molar-refractivity contribution in [2.45, 2.75) is 44.8 Å². The fourth-order valence-corrected chi connectivity index (χ4v) is 2.11. The van der Waals surface area contributed by atoms with Crippen molar-refractivity contribution < 1.29 is 19.7 Å². The molecule has 1 aliphatic carbocycles. The van der Waals surface area contributed by atoms with Crippen LogP contribution in [0.1, 0.15) is 32.6 Å². The number of cyclic esters (lactones) is 1. The number of aliphatic hydroxyl groups is 2. The Morgan fingerprint density at radius 1 is 1.50 bits per heavy atom. The van der Waals surface area contributed by atoms with Gasteiger partial charge in [-0.05, 0) is 25.3 Å². The summed E-state index contributed by atoms with van der Waals surface area (Å²) in [6.07, 6.45) is 2.83. The minimum atomic E-state index is -1.09. The van der Waals surface area contributed by atoms with E-state index in [0.29, 0.717) is 18.6 Å². The maximum atomic E-state index is 11.5. The quantitative estimate of drug-likeness (QED) is 0.688. The van der Waals surface area contributed by atoms with Crippen molar-refractivity contribution in [2.24, 2.45) is 0 Å². The monoisotopic (exact) mass is 224 g/mol. The zero-order chi connectivity index (χ0) is 11.7. The molecule has 0 saturated heterocycles. The summed E-state index contributed by atoms with van der Waals surface area (Å²) in [5, 5.41) is 19.2. The average Bonchev–Trinajstić information content (AvgIpc) is 2.58. The topological polar surface area (TPSA) is 66.8 Å². The second kappa shape index (κ2) is 4.39. The van der Waals surface area contributed by atoms with Gasteiger partial charge in [-0.25, -0.2) is 4.79 Å². The summed E-state index contributed by atoms with van der Waals surface area (Å²) in [5.74, 6) is 0.0661. The molecule has 88 valence electrons. The Kier molecular flexibility index (Phi) is 3.12. The van der Waals surface area contributed by atoms with Crippen LogP contribution in [-0.2, 0) is 9.53 Å². The molecular formula is C12H16O4. The van der Waals surface area contributed by atoms with Gasteiger partial charge in [0.15, 0.2) is 0 Å². The van der Waals surface area contributed by atoms with Crippen molar-refractivity contribution in [1.29, 1.82) is 0 Å². The molecule has 0 amide bonds. The number of aliphatic hydroxyl groups excluding tert-OH is 2. The molecule has 0 aromatic heterocycles. The second-order valence-corrected chi connectivity index (χ2v) is 4.19. The summed E-state index contributed by atoms with van der Waals surface area (Å²) in [7, 11) is 0. The molecule has 4 nitrogen and oxygen atoms in total. The van der Waals surface area contributed by atoms with Crippen LogP contribution in [0.2, 0.25) is 0 Å². The molecule has 0 saturated carbocycles. The molecule has 2 rings (SSSR count). The van der Waals surface area contributed by atoms with Crippen molar-refractivity contribution in [2.75, 3.05) is 0 Å². The minimum absolute atomic E-state index is 0.251. The fourth-order valence-electron chi connectivity index (χ4n) is 2.11. The van der Waals surface area contributed by atoms with E-state index in [0.717, 1.165) is 18.4 Å². The standard InChI is InChI=1S/C12H16O4/c1-2-3-4-9-7-5-6-8(13)11(14)10(7)12(15)16-9/h4,8,11,13-14H,2-3,5-6H2,1H3/b9-4-/t8-,11-/m1/s1. The molecule has 0 radical (unpaired) electrons.